The molecule has 9 N–H and O–H groups in total. The summed E-state index contributed by atoms with van der Waals surface area (Å²) in [6.45, 7) is 6.62. The van der Waals surface area contributed by atoms with Crippen LogP contribution in [-0.4, -0.2) is 90.7 Å². The van der Waals surface area contributed by atoms with E-state index >= 15 is 0 Å². The molecular formula is C34H54N8O7. The van der Waals surface area contributed by atoms with Gasteiger partial charge in [-0.15, -0.1) is 0 Å². The average molecular weight is 687 g/mol. The summed E-state index contributed by atoms with van der Waals surface area (Å²) in [5.41, 5.74) is 10.4. The molecule has 3 atom stereocenters. The Morgan fingerprint density at radius 1 is 0.918 bits per heavy atom. The van der Waals surface area contributed by atoms with Gasteiger partial charge < -0.3 is 42.8 Å². The van der Waals surface area contributed by atoms with Gasteiger partial charge in [-0.3, -0.25) is 33.8 Å². The summed E-state index contributed by atoms with van der Waals surface area (Å²) in [6, 6.07) is 5.59. The minimum Gasteiger partial charge on any atom is -0.460 e. The summed E-state index contributed by atoms with van der Waals surface area (Å²) in [5.74, 6) is -3.10. The minimum atomic E-state index is -1.37. The molecule has 1 saturated carbocycles. The molecule has 1 fully saturated rings. The number of aliphatic imine (C=N–C) groups is 1. The quantitative estimate of drug-likeness (QED) is 0.0505. The number of hydrogen-bond donors (Lipinski definition) is 7. The van der Waals surface area contributed by atoms with E-state index in [1.807, 2.05) is 6.07 Å². The molecule has 0 aliphatic heterocycles. The zero-order chi connectivity index (χ0) is 36.6. The highest BCUT2D eigenvalue weighted by atomic mass is 16.6. The highest BCUT2D eigenvalue weighted by Gasteiger charge is 2.43. The molecule has 0 unspecified atom stereocenters. The number of guanidine groups is 1. The van der Waals surface area contributed by atoms with E-state index in [0.717, 1.165) is 12.0 Å². The van der Waals surface area contributed by atoms with Crippen molar-refractivity contribution in [2.75, 3.05) is 20.1 Å². The number of carbonyl (C=O) groups excluding carboxylic acids is 6. The summed E-state index contributed by atoms with van der Waals surface area (Å²) < 4.78 is 5.29. The van der Waals surface area contributed by atoms with Crippen LogP contribution in [0, 0.1) is 0 Å². The number of amides is 4. The highest BCUT2D eigenvalue weighted by molar-refractivity contribution is 5.98. The standard InChI is InChI=1S/C34H54N8O7/c1-22(43)21-39-29(46)25(15-12-18-38-32(36)37-5)41-31(48)34(16-10-7-11-17-34)42-30(47)26(19-23-13-8-6-9-14-23)40-28(45)24(35)20-27(44)49-33(2,3)4/h6,8-9,13-14,24-26H,7,10-12,15-21,35H2,1-5H3,(H,39,46)(H,40,45)(H,41,48)(H,42,47)(H3,36,37,38)/t24-,25-,26+/m0/s1. The molecule has 0 radical (unpaired) electrons. The van der Waals surface area contributed by atoms with E-state index in [-0.39, 0.29) is 31.1 Å². The molecule has 49 heavy (non-hydrogen) atoms. The number of esters is 1. The molecule has 0 aromatic heterocycles. The monoisotopic (exact) mass is 686 g/mol. The largest absolute Gasteiger partial charge is 0.460 e. The number of carbonyl (C=O) groups is 6. The Kier molecular flexibility index (Phi) is 16.1. The Morgan fingerprint density at radius 3 is 2.16 bits per heavy atom. The van der Waals surface area contributed by atoms with Crippen molar-refractivity contribution in [3.05, 3.63) is 35.9 Å². The van der Waals surface area contributed by atoms with Gasteiger partial charge in [0, 0.05) is 20.0 Å². The van der Waals surface area contributed by atoms with Crippen LogP contribution in [0.1, 0.15) is 84.6 Å². The maximum atomic E-state index is 14.1. The zero-order valence-corrected chi connectivity index (χ0v) is 29.4. The van der Waals surface area contributed by atoms with Crippen LogP contribution in [-0.2, 0) is 39.9 Å². The van der Waals surface area contributed by atoms with Crippen LogP contribution in [0.2, 0.25) is 0 Å². The normalized spacial score (nSPS) is 16.2. The molecule has 0 heterocycles. The number of ether oxygens (including phenoxy) is 1. The Balaban J connectivity index is 2.29. The van der Waals surface area contributed by atoms with Gasteiger partial charge in [0.2, 0.25) is 23.6 Å². The van der Waals surface area contributed by atoms with Crippen molar-refractivity contribution in [2.45, 2.75) is 115 Å². The van der Waals surface area contributed by atoms with Crippen LogP contribution in [0.15, 0.2) is 35.3 Å². The molecule has 0 saturated heterocycles. The van der Waals surface area contributed by atoms with Gasteiger partial charge in [0.25, 0.3) is 0 Å². The molecule has 272 valence electrons. The van der Waals surface area contributed by atoms with Gasteiger partial charge in [-0.25, -0.2) is 0 Å². The number of rotatable bonds is 17. The number of nitrogens with two attached hydrogens (primary N) is 2. The Hall–Kier alpha value is -4.53. The predicted molar refractivity (Wildman–Crippen MR) is 185 cm³/mol. The van der Waals surface area contributed by atoms with Crippen LogP contribution in [0.25, 0.3) is 0 Å². The minimum absolute atomic E-state index is 0.0859. The van der Waals surface area contributed by atoms with Crippen molar-refractivity contribution in [1.82, 2.24) is 26.6 Å². The Morgan fingerprint density at radius 2 is 1.57 bits per heavy atom. The summed E-state index contributed by atoms with van der Waals surface area (Å²) in [4.78, 5) is 82.1. The lowest BCUT2D eigenvalue weighted by Gasteiger charge is -2.38. The maximum Gasteiger partial charge on any atom is 0.308 e. The third-order valence-electron chi connectivity index (χ3n) is 7.91. The van der Waals surface area contributed by atoms with Crippen LogP contribution in [0.3, 0.4) is 0 Å². The SMILES string of the molecule is CN=C(N)NCCC[C@H](NC(=O)C1(NC(=O)[C@@H](Cc2ccccc2)NC(=O)[C@@H](N)CC(=O)OC(C)(C)C)CCCCC1)C(=O)NCC(C)=O. The molecular weight excluding hydrogens is 632 g/mol. The van der Waals surface area contributed by atoms with Gasteiger partial charge in [-0.1, -0.05) is 49.6 Å². The number of ketones is 1. The first-order valence-electron chi connectivity index (χ1n) is 16.7. The summed E-state index contributed by atoms with van der Waals surface area (Å²) >= 11 is 0. The van der Waals surface area contributed by atoms with Crippen molar-refractivity contribution in [2.24, 2.45) is 16.5 Å². The van der Waals surface area contributed by atoms with Crippen molar-refractivity contribution in [3.63, 3.8) is 0 Å². The van der Waals surface area contributed by atoms with Gasteiger partial charge in [0.15, 0.2) is 5.96 Å². The van der Waals surface area contributed by atoms with Gasteiger partial charge in [0.1, 0.15) is 29.0 Å². The summed E-state index contributed by atoms with van der Waals surface area (Å²) in [6.07, 6.45) is 3.09. The number of nitrogens with one attached hydrogen (secondary N) is 5. The van der Waals surface area contributed by atoms with Gasteiger partial charge in [-0.2, -0.15) is 0 Å². The lowest BCUT2D eigenvalue weighted by atomic mass is 9.80. The molecule has 15 nitrogen and oxygen atoms in total. The summed E-state index contributed by atoms with van der Waals surface area (Å²) in [7, 11) is 1.53. The fourth-order valence-corrected chi connectivity index (χ4v) is 5.38. The van der Waals surface area contributed by atoms with E-state index < -0.39 is 65.3 Å². The van der Waals surface area contributed by atoms with Crippen molar-refractivity contribution < 1.29 is 33.5 Å². The lowest BCUT2D eigenvalue weighted by Crippen LogP contribution is -2.65. The van der Waals surface area contributed by atoms with Gasteiger partial charge in [0.05, 0.1) is 19.0 Å². The molecule has 0 bridgehead atoms. The van der Waals surface area contributed by atoms with Gasteiger partial charge >= 0.3 is 5.97 Å². The number of nitrogens with zero attached hydrogens (tertiary/aromatic N) is 1. The van der Waals surface area contributed by atoms with E-state index in [0.29, 0.717) is 38.6 Å². The third-order valence-corrected chi connectivity index (χ3v) is 7.91. The van der Waals surface area contributed by atoms with Crippen LogP contribution in [0.4, 0.5) is 0 Å². The van der Waals surface area contributed by atoms with E-state index in [2.05, 4.69) is 31.6 Å². The third kappa shape index (κ3) is 14.6. The van der Waals surface area contributed by atoms with Crippen molar-refractivity contribution >= 4 is 41.3 Å². The molecule has 0 spiro atoms. The Labute approximate surface area is 288 Å². The predicted octanol–water partition coefficient (Wildman–Crippen LogP) is 0.0964. The molecule has 1 aromatic rings. The first-order chi connectivity index (χ1) is 23.0. The van der Waals surface area contributed by atoms with Crippen LogP contribution in [0.5, 0.6) is 0 Å². The highest BCUT2D eigenvalue weighted by Crippen LogP contribution is 2.29. The number of hydrogen-bond acceptors (Lipinski definition) is 9. The zero-order valence-electron chi connectivity index (χ0n) is 29.4. The van der Waals surface area contributed by atoms with Crippen molar-refractivity contribution in [3.8, 4) is 0 Å². The summed E-state index contributed by atoms with van der Waals surface area (Å²) in [5, 5.41) is 13.9. The molecule has 4 amide bonds. The second-order valence-corrected chi connectivity index (χ2v) is 13.4. The molecule has 1 aliphatic carbocycles. The van der Waals surface area contributed by atoms with Crippen molar-refractivity contribution in [1.29, 1.82) is 0 Å². The Bertz CT molecular complexity index is 1320. The fourth-order valence-electron chi connectivity index (χ4n) is 5.38. The first kappa shape index (κ1) is 40.6. The van der Waals surface area contributed by atoms with E-state index in [1.54, 1.807) is 45.0 Å². The topological polar surface area (TPSA) is 236 Å². The van der Waals surface area contributed by atoms with Crippen LogP contribution >= 0.6 is 0 Å². The second kappa shape index (κ2) is 19.5. The molecule has 1 aromatic carbocycles. The first-order valence-corrected chi connectivity index (χ1v) is 16.7. The lowest BCUT2D eigenvalue weighted by molar-refractivity contribution is -0.156. The number of benzene rings is 1. The molecule has 15 heteroatoms. The fraction of sp³-hybridized carbons (Fsp3) is 0.618. The van der Waals surface area contributed by atoms with Gasteiger partial charge in [-0.05, 0) is 58.9 Å². The van der Waals surface area contributed by atoms with E-state index in [1.165, 1.54) is 14.0 Å². The second-order valence-electron chi connectivity index (χ2n) is 13.4. The average Bonchev–Trinajstić information content (AvgIpc) is 3.04. The van der Waals surface area contributed by atoms with E-state index in [4.69, 9.17) is 16.2 Å². The maximum absolute atomic E-state index is 14.1. The van der Waals surface area contributed by atoms with Crippen LogP contribution < -0.4 is 38.1 Å². The smallest absolute Gasteiger partial charge is 0.308 e. The molecule has 2 rings (SSSR count). The molecule has 1 aliphatic rings. The van der Waals surface area contributed by atoms with E-state index in [9.17, 15) is 28.8 Å². The number of Topliss-reactive ketones (excluding diaryl/α,β-unsaturated/α-hetero) is 1.